The van der Waals surface area contributed by atoms with E-state index in [1.807, 2.05) is 6.92 Å². The predicted octanol–water partition coefficient (Wildman–Crippen LogP) is 2.08. The normalized spacial score (nSPS) is 13.5. The van der Waals surface area contributed by atoms with Crippen LogP contribution in [0.2, 0.25) is 0 Å². The van der Waals surface area contributed by atoms with Crippen molar-refractivity contribution in [2.45, 2.75) is 40.2 Å². The first-order valence-electron chi connectivity index (χ1n) is 5.87. The SMILES string of the molecule is Cc1ccoc1C(=O)NCC(N)CC(C)(C)C. The molecule has 0 aliphatic rings. The largest absolute Gasteiger partial charge is 0.459 e. The van der Waals surface area contributed by atoms with Gasteiger partial charge in [0.25, 0.3) is 5.91 Å². The lowest BCUT2D eigenvalue weighted by Crippen LogP contribution is -2.39. The molecule has 17 heavy (non-hydrogen) atoms. The van der Waals surface area contributed by atoms with Crippen molar-refractivity contribution >= 4 is 5.91 Å². The van der Waals surface area contributed by atoms with E-state index >= 15 is 0 Å². The minimum absolute atomic E-state index is 0.0331. The van der Waals surface area contributed by atoms with Crippen LogP contribution in [0.4, 0.5) is 0 Å². The second kappa shape index (κ2) is 5.36. The van der Waals surface area contributed by atoms with E-state index in [1.165, 1.54) is 6.26 Å². The Morgan fingerprint density at radius 1 is 1.53 bits per heavy atom. The number of rotatable bonds is 4. The fourth-order valence-electron chi connectivity index (χ4n) is 1.77. The Morgan fingerprint density at radius 2 is 2.18 bits per heavy atom. The molecule has 1 aromatic rings. The van der Waals surface area contributed by atoms with E-state index in [9.17, 15) is 4.79 Å². The molecule has 0 aromatic carbocycles. The van der Waals surface area contributed by atoms with Gasteiger partial charge in [-0.15, -0.1) is 0 Å². The molecule has 96 valence electrons. The van der Waals surface area contributed by atoms with Gasteiger partial charge in [0.05, 0.1) is 6.26 Å². The second-order valence-corrected chi connectivity index (χ2v) is 5.67. The molecular weight excluding hydrogens is 216 g/mol. The average Bonchev–Trinajstić information content (AvgIpc) is 2.58. The number of carbonyl (C=O) groups is 1. The maximum atomic E-state index is 11.7. The minimum Gasteiger partial charge on any atom is -0.459 e. The van der Waals surface area contributed by atoms with Gasteiger partial charge in [0.15, 0.2) is 5.76 Å². The molecule has 4 heteroatoms. The Hall–Kier alpha value is -1.29. The molecule has 0 radical (unpaired) electrons. The molecule has 1 heterocycles. The van der Waals surface area contributed by atoms with Crippen LogP contribution < -0.4 is 11.1 Å². The lowest BCUT2D eigenvalue weighted by molar-refractivity contribution is 0.0920. The summed E-state index contributed by atoms with van der Waals surface area (Å²) >= 11 is 0. The van der Waals surface area contributed by atoms with E-state index in [2.05, 4.69) is 26.1 Å². The molecule has 1 atom stereocenters. The highest BCUT2D eigenvalue weighted by Crippen LogP contribution is 2.19. The Morgan fingerprint density at radius 3 is 2.65 bits per heavy atom. The number of nitrogens with two attached hydrogens (primary N) is 1. The van der Waals surface area contributed by atoms with Crippen LogP contribution in [0.5, 0.6) is 0 Å². The van der Waals surface area contributed by atoms with Crippen LogP contribution in [0.25, 0.3) is 0 Å². The molecule has 0 saturated carbocycles. The Kier molecular flexibility index (Phi) is 4.34. The Labute approximate surface area is 103 Å². The van der Waals surface area contributed by atoms with Gasteiger partial charge < -0.3 is 15.5 Å². The summed E-state index contributed by atoms with van der Waals surface area (Å²) in [6.07, 6.45) is 2.38. The third kappa shape index (κ3) is 4.61. The molecule has 0 spiro atoms. The van der Waals surface area contributed by atoms with Crippen molar-refractivity contribution in [1.82, 2.24) is 5.32 Å². The molecule has 0 aliphatic carbocycles. The quantitative estimate of drug-likeness (QED) is 0.843. The smallest absolute Gasteiger partial charge is 0.287 e. The van der Waals surface area contributed by atoms with E-state index in [0.717, 1.165) is 12.0 Å². The number of hydrogen-bond donors (Lipinski definition) is 2. The predicted molar refractivity (Wildman–Crippen MR) is 67.8 cm³/mol. The zero-order valence-corrected chi connectivity index (χ0v) is 11.0. The molecule has 0 saturated heterocycles. The van der Waals surface area contributed by atoms with Crippen molar-refractivity contribution in [1.29, 1.82) is 0 Å². The first-order valence-corrected chi connectivity index (χ1v) is 5.87. The summed E-state index contributed by atoms with van der Waals surface area (Å²) in [6, 6.07) is 1.73. The van der Waals surface area contributed by atoms with Crippen LogP contribution in [0, 0.1) is 12.3 Å². The van der Waals surface area contributed by atoms with Gasteiger partial charge in [-0.1, -0.05) is 20.8 Å². The van der Waals surface area contributed by atoms with E-state index in [0.29, 0.717) is 12.3 Å². The highest BCUT2D eigenvalue weighted by molar-refractivity contribution is 5.92. The second-order valence-electron chi connectivity index (χ2n) is 5.67. The summed E-state index contributed by atoms with van der Waals surface area (Å²) in [5.74, 6) is 0.171. The summed E-state index contributed by atoms with van der Waals surface area (Å²) in [4.78, 5) is 11.7. The van der Waals surface area contributed by atoms with Gasteiger partial charge in [0, 0.05) is 18.2 Å². The van der Waals surface area contributed by atoms with Gasteiger partial charge in [0.1, 0.15) is 0 Å². The van der Waals surface area contributed by atoms with E-state index in [1.54, 1.807) is 6.07 Å². The van der Waals surface area contributed by atoms with E-state index in [-0.39, 0.29) is 17.4 Å². The molecule has 0 bridgehead atoms. The summed E-state index contributed by atoms with van der Waals surface area (Å²) in [6.45, 7) is 8.70. The van der Waals surface area contributed by atoms with Crippen molar-refractivity contribution in [3.63, 3.8) is 0 Å². The lowest BCUT2D eigenvalue weighted by atomic mass is 9.88. The summed E-state index contributed by atoms with van der Waals surface area (Å²) < 4.78 is 5.11. The van der Waals surface area contributed by atoms with E-state index in [4.69, 9.17) is 10.2 Å². The van der Waals surface area contributed by atoms with Crippen LogP contribution >= 0.6 is 0 Å². The third-order valence-corrected chi connectivity index (χ3v) is 2.47. The maximum Gasteiger partial charge on any atom is 0.287 e. The fourth-order valence-corrected chi connectivity index (χ4v) is 1.77. The number of hydrogen-bond acceptors (Lipinski definition) is 3. The summed E-state index contributed by atoms with van der Waals surface area (Å²) in [5, 5.41) is 2.79. The standard InChI is InChI=1S/C13H22N2O2/c1-9-5-6-17-11(9)12(16)15-8-10(14)7-13(2,3)4/h5-6,10H,7-8,14H2,1-4H3,(H,15,16). The first-order chi connectivity index (χ1) is 7.79. The highest BCUT2D eigenvalue weighted by Gasteiger charge is 2.17. The number of amides is 1. The minimum atomic E-state index is -0.197. The van der Waals surface area contributed by atoms with E-state index < -0.39 is 0 Å². The highest BCUT2D eigenvalue weighted by atomic mass is 16.3. The third-order valence-electron chi connectivity index (χ3n) is 2.47. The number of furan rings is 1. The molecule has 1 amide bonds. The molecular formula is C13H22N2O2. The van der Waals surface area contributed by atoms with Gasteiger partial charge in [-0.25, -0.2) is 0 Å². The molecule has 1 unspecified atom stereocenters. The summed E-state index contributed by atoms with van der Waals surface area (Å²) in [7, 11) is 0. The molecule has 1 rings (SSSR count). The Bertz CT molecular complexity index is 377. The maximum absolute atomic E-state index is 11.7. The fraction of sp³-hybridized carbons (Fsp3) is 0.615. The Balaban J connectivity index is 2.42. The molecule has 0 fully saturated rings. The number of nitrogens with one attached hydrogen (secondary N) is 1. The number of carbonyl (C=O) groups excluding carboxylic acids is 1. The number of aryl methyl sites for hydroxylation is 1. The van der Waals surface area contributed by atoms with Crippen LogP contribution in [0.1, 0.15) is 43.3 Å². The van der Waals surface area contributed by atoms with Gasteiger partial charge in [-0.3, -0.25) is 4.79 Å². The van der Waals surface area contributed by atoms with Crippen molar-refractivity contribution in [3.8, 4) is 0 Å². The zero-order chi connectivity index (χ0) is 13.1. The summed E-state index contributed by atoms with van der Waals surface area (Å²) in [5.41, 5.74) is 6.97. The van der Waals surface area contributed by atoms with Crippen molar-refractivity contribution in [3.05, 3.63) is 23.7 Å². The van der Waals surface area contributed by atoms with Crippen LogP contribution in [0.15, 0.2) is 16.7 Å². The monoisotopic (exact) mass is 238 g/mol. The van der Waals surface area contributed by atoms with Crippen molar-refractivity contribution in [2.24, 2.45) is 11.1 Å². The molecule has 1 aromatic heterocycles. The van der Waals surface area contributed by atoms with Crippen LogP contribution in [-0.2, 0) is 0 Å². The molecule has 3 N–H and O–H groups in total. The van der Waals surface area contributed by atoms with Gasteiger partial charge in [-0.05, 0) is 24.8 Å². The van der Waals surface area contributed by atoms with Gasteiger partial charge in [0.2, 0.25) is 0 Å². The van der Waals surface area contributed by atoms with Crippen molar-refractivity contribution < 1.29 is 9.21 Å². The first kappa shape index (κ1) is 13.8. The van der Waals surface area contributed by atoms with Crippen LogP contribution in [-0.4, -0.2) is 18.5 Å². The lowest BCUT2D eigenvalue weighted by Gasteiger charge is -2.23. The average molecular weight is 238 g/mol. The van der Waals surface area contributed by atoms with Gasteiger partial charge >= 0.3 is 0 Å². The zero-order valence-electron chi connectivity index (χ0n) is 11.0. The van der Waals surface area contributed by atoms with Crippen molar-refractivity contribution in [2.75, 3.05) is 6.54 Å². The van der Waals surface area contributed by atoms with Crippen LogP contribution in [0.3, 0.4) is 0 Å². The van der Waals surface area contributed by atoms with Gasteiger partial charge in [-0.2, -0.15) is 0 Å². The topological polar surface area (TPSA) is 68.3 Å². The molecule has 4 nitrogen and oxygen atoms in total. The molecule has 0 aliphatic heterocycles.